The molecule has 1 atom stereocenters. The van der Waals surface area contributed by atoms with E-state index >= 15 is 0 Å². The van der Waals surface area contributed by atoms with Crippen molar-refractivity contribution in [1.82, 2.24) is 0 Å². The maximum absolute atomic E-state index is 12.5. The number of Topliss-reactive ketones (excluding diaryl/α,β-unsaturated/α-hetero) is 1. The van der Waals surface area contributed by atoms with Crippen LogP contribution in [0.25, 0.3) is 0 Å². The number of carbonyl (C=O) groups is 1. The van der Waals surface area contributed by atoms with Gasteiger partial charge in [-0.2, -0.15) is 13.2 Å². The van der Waals surface area contributed by atoms with Crippen molar-refractivity contribution in [3.05, 3.63) is 29.8 Å². The van der Waals surface area contributed by atoms with Gasteiger partial charge in [-0.05, 0) is 25.1 Å². The summed E-state index contributed by atoms with van der Waals surface area (Å²) in [6.45, 7) is 0.848. The lowest BCUT2D eigenvalue weighted by Crippen LogP contribution is -2.16. The molecule has 1 aromatic rings. The fourth-order valence-electron chi connectivity index (χ4n) is 1.44. The summed E-state index contributed by atoms with van der Waals surface area (Å²) in [6.07, 6.45) is -5.26. The van der Waals surface area contributed by atoms with Crippen LogP contribution < -0.4 is 4.74 Å². The Hall–Kier alpha value is -1.37. The molecule has 0 amide bonds. The molecular weight excluding hydrogens is 312 g/mol. The van der Waals surface area contributed by atoms with E-state index in [-0.39, 0.29) is 12.4 Å². The van der Waals surface area contributed by atoms with Crippen LogP contribution in [0.5, 0.6) is 5.75 Å². The number of ketones is 1. The number of halogens is 3. The molecule has 0 aliphatic heterocycles. The number of hydrogen-bond acceptors (Lipinski definition) is 4. The first kappa shape index (κ1) is 17.7. The summed E-state index contributed by atoms with van der Waals surface area (Å²) in [7, 11) is -4.02. The number of benzene rings is 1. The molecule has 0 aromatic heterocycles. The summed E-state index contributed by atoms with van der Waals surface area (Å²) < 4.78 is 58.1. The Morgan fingerprint density at radius 1 is 1.38 bits per heavy atom. The Morgan fingerprint density at radius 3 is 2.62 bits per heavy atom. The van der Waals surface area contributed by atoms with Crippen LogP contribution in [0.15, 0.2) is 24.3 Å². The molecule has 0 bridgehead atoms. The van der Waals surface area contributed by atoms with E-state index in [1.54, 1.807) is 0 Å². The van der Waals surface area contributed by atoms with Crippen molar-refractivity contribution in [3.63, 3.8) is 0 Å². The molecule has 0 radical (unpaired) electrons. The maximum atomic E-state index is 12.5. The highest BCUT2D eigenvalue weighted by Crippen LogP contribution is 2.41. The first-order chi connectivity index (χ1) is 9.64. The van der Waals surface area contributed by atoms with Crippen LogP contribution >= 0.6 is 7.60 Å². The predicted octanol–water partition coefficient (Wildman–Crippen LogP) is 2.88. The topological polar surface area (TPSA) is 72.8 Å². The summed E-state index contributed by atoms with van der Waals surface area (Å²) in [5.74, 6) is -0.894. The standard InChI is InChI=1S/C12H14F3O5P/c1-2-20-21(17,18)8-10(16)7-19-11-5-3-4-9(6-11)12(13,14)15/h3-6H,2,7-8H2,1H3,(H,17,18). The molecule has 0 saturated heterocycles. The van der Waals surface area contributed by atoms with E-state index in [2.05, 4.69) is 4.52 Å². The zero-order valence-electron chi connectivity index (χ0n) is 11.1. The molecule has 1 aromatic carbocycles. The monoisotopic (exact) mass is 326 g/mol. The number of ether oxygens (including phenoxy) is 1. The normalized spacial score (nSPS) is 14.5. The molecule has 0 saturated carbocycles. The molecule has 0 heterocycles. The van der Waals surface area contributed by atoms with E-state index in [4.69, 9.17) is 4.74 Å². The van der Waals surface area contributed by atoms with E-state index in [9.17, 15) is 27.4 Å². The predicted molar refractivity (Wildman–Crippen MR) is 68.3 cm³/mol. The molecule has 0 aliphatic carbocycles. The van der Waals surface area contributed by atoms with Crippen molar-refractivity contribution in [2.45, 2.75) is 13.1 Å². The molecular formula is C12H14F3O5P. The fraction of sp³-hybridized carbons (Fsp3) is 0.417. The molecule has 9 heteroatoms. The fourth-order valence-corrected chi connectivity index (χ4v) is 2.47. The van der Waals surface area contributed by atoms with Gasteiger partial charge in [0.1, 0.15) is 18.5 Å². The Morgan fingerprint density at radius 2 is 2.05 bits per heavy atom. The Bertz CT molecular complexity index is 544. The Labute approximate surface area is 119 Å². The lowest BCUT2D eigenvalue weighted by atomic mass is 10.2. The third-order valence-electron chi connectivity index (χ3n) is 2.27. The van der Waals surface area contributed by atoms with E-state index in [1.807, 2.05) is 0 Å². The second kappa shape index (κ2) is 7.06. The third-order valence-corrected chi connectivity index (χ3v) is 3.68. The molecule has 0 spiro atoms. The quantitative estimate of drug-likeness (QED) is 0.780. The van der Waals surface area contributed by atoms with E-state index in [0.29, 0.717) is 0 Å². The van der Waals surface area contributed by atoms with Crippen molar-refractivity contribution in [2.24, 2.45) is 0 Å². The number of rotatable bonds is 7. The second-order valence-corrected chi connectivity index (χ2v) is 5.92. The lowest BCUT2D eigenvalue weighted by molar-refractivity contribution is -0.137. The molecule has 0 fully saturated rings. The van der Waals surface area contributed by atoms with Crippen molar-refractivity contribution < 1.29 is 36.7 Å². The molecule has 1 unspecified atom stereocenters. The first-order valence-electron chi connectivity index (χ1n) is 5.92. The van der Waals surface area contributed by atoms with Gasteiger partial charge in [0, 0.05) is 0 Å². The van der Waals surface area contributed by atoms with Gasteiger partial charge in [0.15, 0.2) is 5.78 Å². The number of carbonyl (C=O) groups excluding carboxylic acids is 1. The highest BCUT2D eigenvalue weighted by Gasteiger charge is 2.30. The zero-order chi connectivity index (χ0) is 16.1. The molecule has 21 heavy (non-hydrogen) atoms. The second-order valence-electron chi connectivity index (χ2n) is 4.07. The number of hydrogen-bond donors (Lipinski definition) is 1. The van der Waals surface area contributed by atoms with E-state index < -0.39 is 37.9 Å². The summed E-state index contributed by atoms with van der Waals surface area (Å²) in [4.78, 5) is 20.7. The highest BCUT2D eigenvalue weighted by atomic mass is 31.2. The molecule has 1 rings (SSSR count). The van der Waals surface area contributed by atoms with Crippen LogP contribution in [0.1, 0.15) is 12.5 Å². The summed E-state index contributed by atoms with van der Waals surface area (Å²) >= 11 is 0. The third kappa shape index (κ3) is 6.29. The van der Waals surface area contributed by atoms with Crippen LogP contribution in [0.4, 0.5) is 13.2 Å². The van der Waals surface area contributed by atoms with Crippen LogP contribution in [0.3, 0.4) is 0 Å². The summed E-state index contributed by atoms with van der Waals surface area (Å²) in [6, 6.07) is 4.00. The minimum atomic E-state index is -4.51. The molecule has 118 valence electrons. The van der Waals surface area contributed by atoms with Gasteiger partial charge in [0.2, 0.25) is 0 Å². The number of alkyl halides is 3. The van der Waals surface area contributed by atoms with Gasteiger partial charge in [0.25, 0.3) is 0 Å². The largest absolute Gasteiger partial charge is 0.486 e. The van der Waals surface area contributed by atoms with Gasteiger partial charge in [-0.25, -0.2) is 0 Å². The summed E-state index contributed by atoms with van der Waals surface area (Å²) in [5, 5.41) is 0. The van der Waals surface area contributed by atoms with Crippen LogP contribution in [0.2, 0.25) is 0 Å². The van der Waals surface area contributed by atoms with Crippen molar-refractivity contribution in [2.75, 3.05) is 19.4 Å². The molecule has 5 nitrogen and oxygen atoms in total. The van der Waals surface area contributed by atoms with Gasteiger partial charge in [0.05, 0.1) is 12.2 Å². The first-order valence-corrected chi connectivity index (χ1v) is 7.68. The van der Waals surface area contributed by atoms with Gasteiger partial charge in [-0.15, -0.1) is 0 Å². The molecule has 1 N–H and O–H groups in total. The van der Waals surface area contributed by atoms with Crippen LogP contribution in [-0.2, 0) is 20.1 Å². The maximum Gasteiger partial charge on any atom is 0.416 e. The van der Waals surface area contributed by atoms with Crippen LogP contribution in [0, 0.1) is 0 Å². The van der Waals surface area contributed by atoms with Crippen molar-refractivity contribution in [3.8, 4) is 5.75 Å². The van der Waals surface area contributed by atoms with Gasteiger partial charge in [-0.1, -0.05) is 6.07 Å². The minimum Gasteiger partial charge on any atom is -0.486 e. The minimum absolute atomic E-state index is 0.0322. The van der Waals surface area contributed by atoms with Gasteiger partial charge in [-0.3, -0.25) is 9.36 Å². The van der Waals surface area contributed by atoms with Crippen LogP contribution in [-0.4, -0.2) is 30.1 Å². The van der Waals surface area contributed by atoms with Crippen molar-refractivity contribution >= 4 is 13.4 Å². The van der Waals surface area contributed by atoms with Crippen molar-refractivity contribution in [1.29, 1.82) is 0 Å². The van der Waals surface area contributed by atoms with Gasteiger partial charge < -0.3 is 14.2 Å². The summed E-state index contributed by atoms with van der Waals surface area (Å²) in [5.41, 5.74) is -0.908. The zero-order valence-corrected chi connectivity index (χ0v) is 12.0. The van der Waals surface area contributed by atoms with Gasteiger partial charge >= 0.3 is 13.8 Å². The SMILES string of the molecule is CCOP(=O)(O)CC(=O)COc1cccc(C(F)(F)F)c1. The Balaban J connectivity index is 2.60. The average molecular weight is 326 g/mol. The smallest absolute Gasteiger partial charge is 0.416 e. The lowest BCUT2D eigenvalue weighted by Gasteiger charge is -2.11. The van der Waals surface area contributed by atoms with E-state index in [0.717, 1.165) is 18.2 Å². The average Bonchev–Trinajstić information content (AvgIpc) is 2.35. The molecule has 0 aliphatic rings. The van der Waals surface area contributed by atoms with E-state index in [1.165, 1.54) is 13.0 Å². The highest BCUT2D eigenvalue weighted by molar-refractivity contribution is 7.53. The Kier molecular flexibility index (Phi) is 5.95.